The third-order valence-electron chi connectivity index (χ3n) is 9.36. The zero-order valence-corrected chi connectivity index (χ0v) is 30.4. The molecule has 0 radical (unpaired) electrons. The van der Waals surface area contributed by atoms with Gasteiger partial charge in [0, 0.05) is 19.4 Å². The lowest BCUT2D eigenvalue weighted by Gasteiger charge is -2.19. The van der Waals surface area contributed by atoms with Gasteiger partial charge < -0.3 is 15.7 Å². The van der Waals surface area contributed by atoms with Crippen molar-refractivity contribution in [3.8, 4) is 5.75 Å². The summed E-state index contributed by atoms with van der Waals surface area (Å²) >= 11 is 0. The number of hydrogen-bond acceptors (Lipinski definition) is 3. The number of carbonyl (C=O) groups is 2. The summed E-state index contributed by atoms with van der Waals surface area (Å²) < 4.78 is 0. The summed E-state index contributed by atoms with van der Waals surface area (Å²) in [5.41, 5.74) is 0.926. The molecule has 1 aromatic carbocycles. The predicted octanol–water partition coefficient (Wildman–Crippen LogP) is 11.5. The summed E-state index contributed by atoms with van der Waals surface area (Å²) in [5, 5.41) is 15.7. The standard InChI is InChI=1S/C41H74N2O3/c1-3-5-7-9-11-13-15-17-18-19-20-22-24-26-28-30-40(45)43-39(36-37-31-33-38(44)34-32-37)41(46)42-35-29-27-25-23-21-16-14-12-10-8-6-4-2/h31-34,39,44H,3-30,35-36H2,1-2H3,(H,42,46)(H,43,45)/t39-/m0/s1. The van der Waals surface area contributed by atoms with Crippen molar-refractivity contribution in [1.29, 1.82) is 0 Å². The number of aromatic hydroxyl groups is 1. The van der Waals surface area contributed by atoms with E-state index >= 15 is 0 Å². The molecule has 5 heteroatoms. The zero-order chi connectivity index (χ0) is 33.3. The molecule has 0 aliphatic heterocycles. The van der Waals surface area contributed by atoms with Crippen molar-refractivity contribution in [3.05, 3.63) is 29.8 Å². The van der Waals surface area contributed by atoms with Gasteiger partial charge in [0.25, 0.3) is 0 Å². The van der Waals surface area contributed by atoms with Crippen LogP contribution in [0.2, 0.25) is 0 Å². The van der Waals surface area contributed by atoms with Gasteiger partial charge in [-0.15, -0.1) is 0 Å². The fraction of sp³-hybridized carbons (Fsp3) is 0.805. The lowest BCUT2D eigenvalue weighted by Crippen LogP contribution is -2.48. The minimum absolute atomic E-state index is 0.0426. The summed E-state index contributed by atoms with van der Waals surface area (Å²) in [7, 11) is 0. The van der Waals surface area contributed by atoms with Crippen molar-refractivity contribution in [2.75, 3.05) is 6.54 Å². The van der Waals surface area contributed by atoms with E-state index in [0.29, 0.717) is 19.4 Å². The molecule has 0 bridgehead atoms. The van der Waals surface area contributed by atoms with Crippen LogP contribution in [0, 0.1) is 0 Å². The topological polar surface area (TPSA) is 78.4 Å². The largest absolute Gasteiger partial charge is 0.508 e. The molecule has 46 heavy (non-hydrogen) atoms. The SMILES string of the molecule is CCCCCCCCCCCCCCCCCC(=O)N[C@@H](Cc1ccc(O)cc1)C(=O)NCCCCCCCCCCCCCC. The molecule has 0 spiro atoms. The Labute approximate surface area is 284 Å². The number of hydrogen-bond donors (Lipinski definition) is 3. The molecule has 0 saturated heterocycles. The van der Waals surface area contributed by atoms with E-state index < -0.39 is 6.04 Å². The Kier molecular flexibility index (Phi) is 28.8. The Bertz CT molecular complexity index is 826. The van der Waals surface area contributed by atoms with Crippen LogP contribution in [-0.4, -0.2) is 29.5 Å². The average molecular weight is 643 g/mol. The van der Waals surface area contributed by atoms with Gasteiger partial charge in [-0.1, -0.05) is 187 Å². The number of phenols is 1. The molecule has 0 aliphatic rings. The number of phenolic OH excluding ortho intramolecular Hbond substituents is 1. The predicted molar refractivity (Wildman–Crippen MR) is 197 cm³/mol. The molecule has 0 fully saturated rings. The van der Waals surface area contributed by atoms with Gasteiger partial charge in [-0.25, -0.2) is 0 Å². The lowest BCUT2D eigenvalue weighted by atomic mass is 10.0. The van der Waals surface area contributed by atoms with Crippen molar-refractivity contribution in [1.82, 2.24) is 10.6 Å². The van der Waals surface area contributed by atoms with E-state index in [1.165, 1.54) is 148 Å². The Morgan fingerprint density at radius 2 is 0.913 bits per heavy atom. The van der Waals surface area contributed by atoms with Crippen molar-refractivity contribution in [3.63, 3.8) is 0 Å². The van der Waals surface area contributed by atoms with E-state index in [-0.39, 0.29) is 17.6 Å². The van der Waals surface area contributed by atoms with Crippen LogP contribution in [0.3, 0.4) is 0 Å². The molecule has 5 nitrogen and oxygen atoms in total. The molecule has 1 atom stereocenters. The second kappa shape index (κ2) is 31.6. The Morgan fingerprint density at radius 3 is 1.33 bits per heavy atom. The fourth-order valence-corrected chi connectivity index (χ4v) is 6.30. The Hall–Kier alpha value is -2.04. The monoisotopic (exact) mass is 643 g/mol. The van der Waals surface area contributed by atoms with Gasteiger partial charge in [0.15, 0.2) is 0 Å². The van der Waals surface area contributed by atoms with Gasteiger partial charge >= 0.3 is 0 Å². The van der Waals surface area contributed by atoms with Crippen molar-refractivity contribution in [2.45, 2.75) is 206 Å². The maximum Gasteiger partial charge on any atom is 0.242 e. The third-order valence-corrected chi connectivity index (χ3v) is 9.36. The highest BCUT2D eigenvalue weighted by atomic mass is 16.3. The molecule has 0 heterocycles. The average Bonchev–Trinajstić information content (AvgIpc) is 3.05. The number of rotatable bonds is 33. The molecule has 3 N–H and O–H groups in total. The van der Waals surface area contributed by atoms with Gasteiger partial charge in [-0.05, 0) is 30.5 Å². The maximum atomic E-state index is 13.1. The van der Waals surface area contributed by atoms with Gasteiger partial charge in [0.1, 0.15) is 11.8 Å². The first-order chi connectivity index (χ1) is 22.6. The van der Waals surface area contributed by atoms with Crippen LogP contribution < -0.4 is 10.6 Å². The highest BCUT2D eigenvalue weighted by Crippen LogP contribution is 2.15. The summed E-state index contributed by atoms with van der Waals surface area (Å²) in [6.45, 7) is 5.19. The minimum atomic E-state index is -0.592. The lowest BCUT2D eigenvalue weighted by molar-refractivity contribution is -0.129. The molecule has 0 aliphatic carbocycles. The van der Waals surface area contributed by atoms with Crippen LogP contribution in [0.1, 0.15) is 199 Å². The fourth-order valence-electron chi connectivity index (χ4n) is 6.30. The first-order valence-electron chi connectivity index (χ1n) is 19.9. The van der Waals surface area contributed by atoms with E-state index in [9.17, 15) is 14.7 Å². The Balaban J connectivity index is 2.19. The van der Waals surface area contributed by atoms with E-state index in [4.69, 9.17) is 0 Å². The summed E-state index contributed by atoms with van der Waals surface area (Å²) in [6, 6.07) is 6.32. The van der Waals surface area contributed by atoms with Crippen molar-refractivity contribution in [2.24, 2.45) is 0 Å². The maximum absolute atomic E-state index is 13.1. The summed E-state index contributed by atoms with van der Waals surface area (Å²) in [4.78, 5) is 25.9. The molecule has 2 amide bonds. The van der Waals surface area contributed by atoms with Crippen LogP contribution in [-0.2, 0) is 16.0 Å². The second-order valence-electron chi connectivity index (χ2n) is 13.9. The third kappa shape index (κ3) is 26.1. The van der Waals surface area contributed by atoms with Crippen LogP contribution in [0.15, 0.2) is 24.3 Å². The van der Waals surface area contributed by atoms with Crippen LogP contribution in [0.4, 0.5) is 0 Å². The van der Waals surface area contributed by atoms with Crippen LogP contribution in [0.25, 0.3) is 0 Å². The van der Waals surface area contributed by atoms with Gasteiger partial charge in [-0.2, -0.15) is 0 Å². The van der Waals surface area contributed by atoms with E-state index in [1.54, 1.807) is 12.1 Å². The van der Waals surface area contributed by atoms with Gasteiger partial charge in [-0.3, -0.25) is 9.59 Å². The molecular weight excluding hydrogens is 568 g/mol. The summed E-state index contributed by atoms with van der Waals surface area (Å²) in [5.74, 6) is 0.0499. The number of amides is 2. The van der Waals surface area contributed by atoms with Gasteiger partial charge in [0.05, 0.1) is 0 Å². The molecule has 0 unspecified atom stereocenters. The Morgan fingerprint density at radius 1 is 0.543 bits per heavy atom. The molecule has 1 rings (SSSR count). The number of nitrogens with one attached hydrogen (secondary N) is 2. The van der Waals surface area contributed by atoms with E-state index in [0.717, 1.165) is 31.2 Å². The van der Waals surface area contributed by atoms with Gasteiger partial charge in [0.2, 0.25) is 11.8 Å². The summed E-state index contributed by atoms with van der Waals surface area (Å²) in [6.07, 6.45) is 35.9. The highest BCUT2D eigenvalue weighted by Gasteiger charge is 2.21. The molecular formula is C41H74N2O3. The number of benzene rings is 1. The normalized spacial score (nSPS) is 11.9. The molecule has 0 aromatic heterocycles. The number of unbranched alkanes of at least 4 members (excludes halogenated alkanes) is 25. The van der Waals surface area contributed by atoms with E-state index in [2.05, 4.69) is 24.5 Å². The molecule has 266 valence electrons. The molecule has 1 aromatic rings. The smallest absolute Gasteiger partial charge is 0.242 e. The zero-order valence-electron chi connectivity index (χ0n) is 30.4. The first kappa shape index (κ1) is 42.0. The number of carbonyl (C=O) groups excluding carboxylic acids is 2. The van der Waals surface area contributed by atoms with E-state index in [1.807, 2.05) is 12.1 Å². The first-order valence-corrected chi connectivity index (χ1v) is 19.9. The quantitative estimate of drug-likeness (QED) is 0.0667. The van der Waals surface area contributed by atoms with Crippen LogP contribution in [0.5, 0.6) is 5.75 Å². The van der Waals surface area contributed by atoms with Crippen molar-refractivity contribution >= 4 is 11.8 Å². The molecule has 0 saturated carbocycles. The second-order valence-corrected chi connectivity index (χ2v) is 13.9. The minimum Gasteiger partial charge on any atom is -0.508 e. The highest BCUT2D eigenvalue weighted by molar-refractivity contribution is 5.87. The van der Waals surface area contributed by atoms with Crippen LogP contribution >= 0.6 is 0 Å². The van der Waals surface area contributed by atoms with Crippen molar-refractivity contribution < 1.29 is 14.7 Å².